The average molecular weight is 473 g/mol. The van der Waals surface area contributed by atoms with Crippen LogP contribution < -0.4 is 5.46 Å². The fourth-order valence-corrected chi connectivity index (χ4v) is 3.49. The Morgan fingerprint density at radius 1 is 0.700 bits per heavy atom. The van der Waals surface area contributed by atoms with Gasteiger partial charge in [-0.1, -0.05) is 93.9 Å². The molecule has 164 valence electrons. The van der Waals surface area contributed by atoms with Crippen molar-refractivity contribution in [3.8, 4) is 0 Å². The first-order valence-electron chi connectivity index (χ1n) is 10.8. The maximum Gasteiger partial charge on any atom is 0.494 e. The maximum absolute atomic E-state index is 6.10. The number of hydrogen-bond acceptors (Lipinski definition) is 2. The minimum absolute atomic E-state index is 0.139. The van der Waals surface area contributed by atoms with Gasteiger partial charge >= 0.3 is 7.12 Å². The molecular formula is C26H38BBrO2. The quantitative estimate of drug-likeness (QED) is 0.414. The van der Waals surface area contributed by atoms with Crippen LogP contribution in [-0.4, -0.2) is 18.3 Å². The average Bonchev–Trinajstić information content (AvgIpc) is 2.82. The lowest BCUT2D eigenvalue weighted by Gasteiger charge is -2.32. The van der Waals surface area contributed by atoms with Gasteiger partial charge in [0.2, 0.25) is 0 Å². The van der Waals surface area contributed by atoms with Crippen LogP contribution in [0.1, 0.15) is 80.4 Å². The van der Waals surface area contributed by atoms with Crippen molar-refractivity contribution in [1.82, 2.24) is 0 Å². The lowest BCUT2D eigenvalue weighted by Crippen LogP contribution is -2.41. The van der Waals surface area contributed by atoms with Crippen molar-refractivity contribution < 1.29 is 9.31 Å². The molecule has 2 aromatic rings. The third-order valence-corrected chi connectivity index (χ3v) is 6.46. The number of hydrogen-bond donors (Lipinski definition) is 0. The van der Waals surface area contributed by atoms with Crippen molar-refractivity contribution in [1.29, 1.82) is 0 Å². The minimum atomic E-state index is -0.282. The van der Waals surface area contributed by atoms with Crippen molar-refractivity contribution in [2.45, 2.75) is 91.3 Å². The fourth-order valence-electron chi connectivity index (χ4n) is 3.09. The molecule has 30 heavy (non-hydrogen) atoms. The van der Waals surface area contributed by atoms with Gasteiger partial charge in [0.15, 0.2) is 0 Å². The van der Waals surface area contributed by atoms with Crippen molar-refractivity contribution in [3.63, 3.8) is 0 Å². The SMILES string of the molecule is CC(C)(C)c1cccc(B2OC(C)(C)C(C)(C)O2)c1.CC(C)(C)c1cccc(Br)c1. The van der Waals surface area contributed by atoms with Crippen LogP contribution in [0.25, 0.3) is 0 Å². The van der Waals surface area contributed by atoms with Gasteiger partial charge in [0.25, 0.3) is 0 Å². The lowest BCUT2D eigenvalue weighted by atomic mass is 9.75. The third-order valence-electron chi connectivity index (χ3n) is 5.97. The van der Waals surface area contributed by atoms with Gasteiger partial charge in [0.1, 0.15) is 0 Å². The van der Waals surface area contributed by atoms with Crippen LogP contribution in [0, 0.1) is 0 Å². The topological polar surface area (TPSA) is 18.5 Å². The van der Waals surface area contributed by atoms with Crippen LogP contribution in [0.4, 0.5) is 0 Å². The van der Waals surface area contributed by atoms with E-state index in [9.17, 15) is 0 Å². The van der Waals surface area contributed by atoms with Crippen LogP contribution in [0.5, 0.6) is 0 Å². The van der Waals surface area contributed by atoms with Crippen LogP contribution in [0.15, 0.2) is 53.0 Å². The van der Waals surface area contributed by atoms with E-state index in [-0.39, 0.29) is 29.2 Å². The Hall–Kier alpha value is -1.10. The van der Waals surface area contributed by atoms with Crippen LogP contribution in [-0.2, 0) is 20.1 Å². The third kappa shape index (κ3) is 6.21. The number of halogens is 1. The van der Waals surface area contributed by atoms with Crippen LogP contribution in [0.2, 0.25) is 0 Å². The van der Waals surface area contributed by atoms with Gasteiger partial charge in [0, 0.05) is 4.47 Å². The molecule has 1 heterocycles. The van der Waals surface area contributed by atoms with Gasteiger partial charge in [-0.05, 0) is 67.2 Å². The molecule has 0 aliphatic carbocycles. The normalized spacial score (nSPS) is 18.0. The molecule has 0 saturated carbocycles. The molecule has 3 rings (SSSR count). The zero-order valence-corrected chi connectivity index (χ0v) is 22.0. The summed E-state index contributed by atoms with van der Waals surface area (Å²) in [6, 6.07) is 17.0. The van der Waals surface area contributed by atoms with Crippen LogP contribution >= 0.6 is 15.9 Å². The summed E-state index contributed by atoms with van der Waals surface area (Å²) in [7, 11) is -0.271. The molecule has 1 aliphatic rings. The van der Waals surface area contributed by atoms with E-state index in [4.69, 9.17) is 9.31 Å². The molecule has 0 bridgehead atoms. The Morgan fingerprint density at radius 2 is 1.13 bits per heavy atom. The molecule has 0 spiro atoms. The second-order valence-corrected chi connectivity index (χ2v) is 12.1. The predicted octanol–water partition coefficient (Wildman–Crippen LogP) is 7.03. The van der Waals surface area contributed by atoms with Crippen molar-refractivity contribution >= 4 is 28.5 Å². The van der Waals surface area contributed by atoms with Gasteiger partial charge in [-0.15, -0.1) is 0 Å². The van der Waals surface area contributed by atoms with E-state index in [1.807, 2.05) is 0 Å². The van der Waals surface area contributed by atoms with Gasteiger partial charge in [-0.3, -0.25) is 0 Å². The summed E-state index contributed by atoms with van der Waals surface area (Å²) < 4.78 is 13.3. The molecule has 2 aromatic carbocycles. The molecule has 1 aliphatic heterocycles. The Balaban J connectivity index is 0.000000248. The van der Waals surface area contributed by atoms with Crippen molar-refractivity contribution in [2.24, 2.45) is 0 Å². The Kier molecular flexibility index (Phi) is 7.38. The second kappa shape index (κ2) is 8.80. The highest BCUT2D eigenvalue weighted by Gasteiger charge is 2.51. The van der Waals surface area contributed by atoms with Gasteiger partial charge in [-0.2, -0.15) is 0 Å². The Bertz CT molecular complexity index is 844. The minimum Gasteiger partial charge on any atom is -0.399 e. The first-order chi connectivity index (χ1) is 13.5. The van der Waals surface area contributed by atoms with E-state index in [0.717, 1.165) is 9.94 Å². The summed E-state index contributed by atoms with van der Waals surface area (Å²) in [5, 5.41) is 0. The van der Waals surface area contributed by atoms with Crippen molar-refractivity contribution in [2.75, 3.05) is 0 Å². The van der Waals surface area contributed by atoms with Gasteiger partial charge in [-0.25, -0.2) is 0 Å². The van der Waals surface area contributed by atoms with E-state index >= 15 is 0 Å². The molecule has 1 fully saturated rings. The summed E-state index contributed by atoms with van der Waals surface area (Å²) in [6.45, 7) is 21.6. The van der Waals surface area contributed by atoms with Crippen LogP contribution in [0.3, 0.4) is 0 Å². The highest BCUT2D eigenvalue weighted by Crippen LogP contribution is 2.36. The summed E-state index contributed by atoms with van der Waals surface area (Å²) in [4.78, 5) is 0. The maximum atomic E-state index is 6.10. The molecular weight excluding hydrogens is 435 g/mol. The second-order valence-electron chi connectivity index (χ2n) is 11.2. The number of benzene rings is 2. The van der Waals surface area contributed by atoms with E-state index < -0.39 is 0 Å². The molecule has 4 heteroatoms. The first-order valence-corrected chi connectivity index (χ1v) is 11.5. The van der Waals surface area contributed by atoms with Gasteiger partial charge < -0.3 is 9.31 Å². The van der Waals surface area contributed by atoms with Crippen molar-refractivity contribution in [3.05, 3.63) is 64.1 Å². The smallest absolute Gasteiger partial charge is 0.399 e. The Morgan fingerprint density at radius 3 is 1.53 bits per heavy atom. The van der Waals surface area contributed by atoms with E-state index in [0.29, 0.717) is 0 Å². The van der Waals surface area contributed by atoms with E-state index in [1.165, 1.54) is 11.1 Å². The Labute approximate surface area is 193 Å². The highest BCUT2D eigenvalue weighted by molar-refractivity contribution is 9.10. The molecule has 0 aromatic heterocycles. The molecule has 0 atom stereocenters. The molecule has 2 nitrogen and oxygen atoms in total. The zero-order chi connectivity index (χ0) is 23.0. The van der Waals surface area contributed by atoms with E-state index in [1.54, 1.807) is 0 Å². The fraction of sp³-hybridized carbons (Fsp3) is 0.538. The molecule has 0 unspecified atom stereocenters. The largest absolute Gasteiger partial charge is 0.494 e. The molecule has 1 saturated heterocycles. The molecule has 0 N–H and O–H groups in total. The predicted molar refractivity (Wildman–Crippen MR) is 134 cm³/mol. The zero-order valence-electron chi connectivity index (χ0n) is 20.4. The summed E-state index contributed by atoms with van der Waals surface area (Å²) in [5.74, 6) is 0. The standard InChI is InChI=1S/C16H25BO2.C10H13Br/c1-14(2,3)12-9-8-10-13(11-12)17-18-15(4,5)16(6,7)19-17;1-10(2,3)8-5-4-6-9(11)7-8/h8-11H,1-7H3;4-7H,1-3H3. The highest BCUT2D eigenvalue weighted by atomic mass is 79.9. The van der Waals surface area contributed by atoms with Gasteiger partial charge in [0.05, 0.1) is 11.2 Å². The first kappa shape index (κ1) is 25.2. The summed E-state index contributed by atoms with van der Waals surface area (Å²) in [5.41, 5.74) is 3.60. The summed E-state index contributed by atoms with van der Waals surface area (Å²) in [6.07, 6.45) is 0. The van der Waals surface area contributed by atoms with E-state index in [2.05, 4.69) is 134 Å². The molecule has 0 amide bonds. The summed E-state index contributed by atoms with van der Waals surface area (Å²) >= 11 is 3.45. The molecule has 0 radical (unpaired) electrons. The monoisotopic (exact) mass is 472 g/mol. The lowest BCUT2D eigenvalue weighted by molar-refractivity contribution is 0.00578. The number of rotatable bonds is 1.